The number of benzene rings is 2. The summed E-state index contributed by atoms with van der Waals surface area (Å²) in [7, 11) is 0. The summed E-state index contributed by atoms with van der Waals surface area (Å²) < 4.78 is 0. The van der Waals surface area contributed by atoms with Crippen LogP contribution in [0.25, 0.3) is 23.1 Å². The van der Waals surface area contributed by atoms with Crippen molar-refractivity contribution in [3.63, 3.8) is 0 Å². The SMILES string of the molecule is Cc1ccccc1/C=C/c1cc(=O)c2ccccc2[nH]1. The lowest BCUT2D eigenvalue weighted by Crippen LogP contribution is -2.02. The molecule has 0 saturated carbocycles. The lowest BCUT2D eigenvalue weighted by Gasteiger charge is -2.01. The molecule has 1 N–H and O–H groups in total. The molecule has 3 rings (SSSR count). The van der Waals surface area contributed by atoms with Gasteiger partial charge in [0.15, 0.2) is 5.43 Å². The summed E-state index contributed by atoms with van der Waals surface area (Å²) in [4.78, 5) is 15.3. The average Bonchev–Trinajstić information content (AvgIpc) is 2.46. The molecule has 0 aliphatic carbocycles. The van der Waals surface area contributed by atoms with Crippen molar-refractivity contribution in [2.45, 2.75) is 6.92 Å². The maximum absolute atomic E-state index is 12.0. The molecule has 0 atom stereocenters. The minimum Gasteiger partial charge on any atom is -0.355 e. The van der Waals surface area contributed by atoms with E-state index < -0.39 is 0 Å². The molecule has 2 nitrogen and oxygen atoms in total. The Kier molecular flexibility index (Phi) is 3.21. The molecule has 1 heterocycles. The van der Waals surface area contributed by atoms with E-state index in [1.807, 2.05) is 48.6 Å². The number of aromatic nitrogens is 1. The maximum Gasteiger partial charge on any atom is 0.189 e. The number of aromatic amines is 1. The number of pyridine rings is 1. The van der Waals surface area contributed by atoms with Crippen molar-refractivity contribution in [2.75, 3.05) is 0 Å². The average molecular weight is 261 g/mol. The normalized spacial score (nSPS) is 11.2. The van der Waals surface area contributed by atoms with Crippen molar-refractivity contribution in [1.82, 2.24) is 4.98 Å². The number of hydrogen-bond acceptors (Lipinski definition) is 1. The fourth-order valence-electron chi connectivity index (χ4n) is 2.26. The predicted molar refractivity (Wildman–Crippen MR) is 84.7 cm³/mol. The van der Waals surface area contributed by atoms with Gasteiger partial charge in [0.25, 0.3) is 0 Å². The molecule has 0 fully saturated rings. The smallest absolute Gasteiger partial charge is 0.189 e. The van der Waals surface area contributed by atoms with Gasteiger partial charge in [0.05, 0.1) is 0 Å². The van der Waals surface area contributed by atoms with Gasteiger partial charge in [-0.2, -0.15) is 0 Å². The molecule has 20 heavy (non-hydrogen) atoms. The molecule has 1 aromatic heterocycles. The molecule has 0 aliphatic heterocycles. The van der Waals surface area contributed by atoms with Crippen LogP contribution in [0.3, 0.4) is 0 Å². The molecule has 0 bridgehead atoms. The van der Waals surface area contributed by atoms with Crippen molar-refractivity contribution >= 4 is 23.1 Å². The van der Waals surface area contributed by atoms with E-state index in [1.54, 1.807) is 6.07 Å². The molecule has 0 amide bonds. The minimum atomic E-state index is 0.0452. The zero-order valence-corrected chi connectivity index (χ0v) is 11.3. The summed E-state index contributed by atoms with van der Waals surface area (Å²) in [6.07, 6.45) is 3.96. The maximum atomic E-state index is 12.0. The van der Waals surface area contributed by atoms with Crippen LogP contribution in [0.2, 0.25) is 0 Å². The van der Waals surface area contributed by atoms with Gasteiger partial charge in [-0.05, 0) is 36.3 Å². The summed E-state index contributed by atoms with van der Waals surface area (Å²) in [6.45, 7) is 2.07. The van der Waals surface area contributed by atoms with Crippen LogP contribution in [0.4, 0.5) is 0 Å². The molecule has 3 aromatic rings. The van der Waals surface area contributed by atoms with E-state index in [0.29, 0.717) is 0 Å². The van der Waals surface area contributed by atoms with Crippen molar-refractivity contribution in [1.29, 1.82) is 0 Å². The number of nitrogens with one attached hydrogen (secondary N) is 1. The second kappa shape index (κ2) is 5.17. The van der Waals surface area contributed by atoms with Gasteiger partial charge in [-0.15, -0.1) is 0 Å². The van der Waals surface area contributed by atoms with Crippen LogP contribution >= 0.6 is 0 Å². The van der Waals surface area contributed by atoms with Gasteiger partial charge < -0.3 is 4.98 Å². The zero-order valence-electron chi connectivity index (χ0n) is 11.3. The largest absolute Gasteiger partial charge is 0.355 e. The van der Waals surface area contributed by atoms with E-state index in [-0.39, 0.29) is 5.43 Å². The van der Waals surface area contributed by atoms with Gasteiger partial charge in [-0.3, -0.25) is 4.79 Å². The summed E-state index contributed by atoms with van der Waals surface area (Å²) in [5.41, 5.74) is 4.10. The molecule has 0 spiro atoms. The zero-order chi connectivity index (χ0) is 13.9. The Bertz CT molecular complexity index is 843. The van der Waals surface area contributed by atoms with Gasteiger partial charge in [-0.1, -0.05) is 42.5 Å². The second-order valence-corrected chi connectivity index (χ2v) is 4.82. The Morgan fingerprint density at radius 1 is 0.950 bits per heavy atom. The third-order valence-corrected chi connectivity index (χ3v) is 3.39. The van der Waals surface area contributed by atoms with Gasteiger partial charge in [0.2, 0.25) is 0 Å². The van der Waals surface area contributed by atoms with Crippen LogP contribution in [-0.4, -0.2) is 4.98 Å². The topological polar surface area (TPSA) is 32.9 Å². The van der Waals surface area contributed by atoms with E-state index in [1.165, 1.54) is 5.56 Å². The Hall–Kier alpha value is -2.61. The van der Waals surface area contributed by atoms with Crippen molar-refractivity contribution in [3.05, 3.63) is 81.6 Å². The lowest BCUT2D eigenvalue weighted by molar-refractivity contribution is 1.35. The minimum absolute atomic E-state index is 0.0452. The monoisotopic (exact) mass is 261 g/mol. The third kappa shape index (κ3) is 2.41. The first kappa shape index (κ1) is 12.4. The highest BCUT2D eigenvalue weighted by atomic mass is 16.1. The third-order valence-electron chi connectivity index (χ3n) is 3.39. The first-order valence-electron chi connectivity index (χ1n) is 6.60. The summed E-state index contributed by atoms with van der Waals surface area (Å²) in [6, 6.07) is 17.4. The Morgan fingerprint density at radius 2 is 1.70 bits per heavy atom. The Labute approximate surface area is 117 Å². The molecule has 0 aliphatic rings. The lowest BCUT2D eigenvalue weighted by atomic mass is 10.1. The van der Waals surface area contributed by atoms with Gasteiger partial charge in [0, 0.05) is 22.7 Å². The van der Waals surface area contributed by atoms with E-state index in [2.05, 4.69) is 24.0 Å². The van der Waals surface area contributed by atoms with Gasteiger partial charge in [0.1, 0.15) is 0 Å². The summed E-state index contributed by atoms with van der Waals surface area (Å²) in [5, 5.41) is 0.723. The number of fused-ring (bicyclic) bond motifs is 1. The molecule has 0 radical (unpaired) electrons. The fraction of sp³-hybridized carbons (Fsp3) is 0.0556. The summed E-state index contributed by atoms with van der Waals surface area (Å²) in [5.74, 6) is 0. The van der Waals surface area contributed by atoms with Crippen LogP contribution < -0.4 is 5.43 Å². The molecular weight excluding hydrogens is 246 g/mol. The first-order chi connectivity index (χ1) is 9.74. The van der Waals surface area contributed by atoms with E-state index >= 15 is 0 Å². The van der Waals surface area contributed by atoms with Crippen LogP contribution in [0, 0.1) is 6.92 Å². The van der Waals surface area contributed by atoms with Crippen molar-refractivity contribution < 1.29 is 0 Å². The second-order valence-electron chi connectivity index (χ2n) is 4.82. The molecule has 2 heteroatoms. The van der Waals surface area contributed by atoms with E-state index in [4.69, 9.17) is 0 Å². The highest BCUT2D eigenvalue weighted by Crippen LogP contribution is 2.12. The molecule has 0 saturated heterocycles. The molecular formula is C18H15NO. The number of H-pyrrole nitrogens is 1. The molecule has 0 unspecified atom stereocenters. The van der Waals surface area contributed by atoms with E-state index in [0.717, 1.165) is 22.2 Å². The van der Waals surface area contributed by atoms with Gasteiger partial charge >= 0.3 is 0 Å². The molecule has 98 valence electrons. The molecule has 2 aromatic carbocycles. The highest BCUT2D eigenvalue weighted by molar-refractivity contribution is 5.80. The van der Waals surface area contributed by atoms with Crippen LogP contribution in [0.1, 0.15) is 16.8 Å². The highest BCUT2D eigenvalue weighted by Gasteiger charge is 1.99. The van der Waals surface area contributed by atoms with Crippen LogP contribution in [0.5, 0.6) is 0 Å². The first-order valence-corrected chi connectivity index (χ1v) is 6.60. The Morgan fingerprint density at radius 3 is 2.55 bits per heavy atom. The number of rotatable bonds is 2. The Balaban J connectivity index is 2.04. The van der Waals surface area contributed by atoms with Crippen LogP contribution in [-0.2, 0) is 0 Å². The summed E-state index contributed by atoms with van der Waals surface area (Å²) >= 11 is 0. The standard InChI is InChI=1S/C18H15NO/c1-13-6-2-3-7-14(13)10-11-15-12-18(20)16-8-4-5-9-17(16)19-15/h2-12H,1H3,(H,19,20)/b11-10+. The number of para-hydroxylation sites is 1. The fourth-order valence-corrected chi connectivity index (χ4v) is 2.26. The van der Waals surface area contributed by atoms with E-state index in [9.17, 15) is 4.79 Å². The quantitative estimate of drug-likeness (QED) is 0.743. The predicted octanol–water partition coefficient (Wildman–Crippen LogP) is 4.01. The number of aryl methyl sites for hydroxylation is 1. The van der Waals surface area contributed by atoms with Gasteiger partial charge in [-0.25, -0.2) is 0 Å². The van der Waals surface area contributed by atoms with Crippen molar-refractivity contribution in [3.8, 4) is 0 Å². The number of hydrogen-bond donors (Lipinski definition) is 1. The van der Waals surface area contributed by atoms with Crippen LogP contribution in [0.15, 0.2) is 59.4 Å². The van der Waals surface area contributed by atoms with Crippen molar-refractivity contribution in [2.24, 2.45) is 0 Å².